The van der Waals surface area contributed by atoms with Crippen molar-refractivity contribution in [1.29, 1.82) is 0 Å². The molecule has 1 aromatic rings. The van der Waals surface area contributed by atoms with Gasteiger partial charge < -0.3 is 4.18 Å². The van der Waals surface area contributed by atoms with Gasteiger partial charge in [0.05, 0.1) is 5.69 Å². The maximum Gasteiger partial charge on any atom is 0.534 e. The first kappa shape index (κ1) is 15.5. The van der Waals surface area contributed by atoms with Gasteiger partial charge in [-0.05, 0) is 37.1 Å². The Bertz CT molecular complexity index is 608. The highest BCUT2D eigenvalue weighted by Gasteiger charge is 2.48. The Morgan fingerprint density at radius 3 is 2.19 bits per heavy atom. The van der Waals surface area contributed by atoms with E-state index in [4.69, 9.17) is 0 Å². The van der Waals surface area contributed by atoms with E-state index >= 15 is 0 Å². The maximum absolute atomic E-state index is 12.1. The van der Waals surface area contributed by atoms with Crippen LogP contribution < -0.4 is 4.18 Å². The summed E-state index contributed by atoms with van der Waals surface area (Å²) in [5.74, 6) is -0.438. The number of hydrogen-bond acceptors (Lipinski definition) is 5. The van der Waals surface area contributed by atoms with E-state index in [0.717, 1.165) is 38.1 Å². The summed E-state index contributed by atoms with van der Waals surface area (Å²) < 4.78 is 62.0. The third-order valence-electron chi connectivity index (χ3n) is 2.70. The molecular formula is C11H12F3N3O3S. The quantitative estimate of drug-likeness (QED) is 0.485. The molecule has 1 saturated heterocycles. The topological polar surface area (TPSA) is 71.3 Å². The van der Waals surface area contributed by atoms with Gasteiger partial charge in [-0.25, -0.2) is 0 Å². The molecule has 6 nitrogen and oxygen atoms in total. The Balaban J connectivity index is 2.02. The molecule has 21 heavy (non-hydrogen) atoms. The third-order valence-corrected chi connectivity index (χ3v) is 3.67. The fourth-order valence-corrected chi connectivity index (χ4v) is 2.11. The summed E-state index contributed by atoms with van der Waals surface area (Å²) in [6.45, 7) is 1.63. The van der Waals surface area contributed by atoms with Gasteiger partial charge in [0.2, 0.25) is 0 Å². The van der Waals surface area contributed by atoms with Crippen LogP contribution in [0.2, 0.25) is 0 Å². The van der Waals surface area contributed by atoms with Crippen LogP contribution in [0.25, 0.3) is 0 Å². The molecule has 0 unspecified atom stereocenters. The average molecular weight is 323 g/mol. The number of halogens is 3. The van der Waals surface area contributed by atoms with Gasteiger partial charge in [-0.3, -0.25) is 5.01 Å². The second kappa shape index (κ2) is 5.88. The van der Waals surface area contributed by atoms with E-state index < -0.39 is 21.4 Å². The van der Waals surface area contributed by atoms with Crippen LogP contribution in [0.3, 0.4) is 0 Å². The standard InChI is InChI=1S/C11H12F3N3O3S/c12-11(13,14)21(18,19)20-10-5-3-9(4-6-10)15-16-17-7-1-2-8-17/h3-6H,1-2,7-8H2. The minimum absolute atomic E-state index is 0.388. The van der Waals surface area contributed by atoms with Gasteiger partial charge in [0.15, 0.2) is 0 Å². The normalized spacial score (nSPS) is 16.6. The summed E-state index contributed by atoms with van der Waals surface area (Å²) >= 11 is 0. The zero-order valence-electron chi connectivity index (χ0n) is 10.7. The van der Waals surface area contributed by atoms with Crippen LogP contribution in [-0.2, 0) is 10.1 Å². The third kappa shape index (κ3) is 4.06. The fraction of sp³-hybridized carbons (Fsp3) is 0.455. The van der Waals surface area contributed by atoms with E-state index in [9.17, 15) is 21.6 Å². The molecule has 116 valence electrons. The molecule has 0 amide bonds. The summed E-state index contributed by atoms with van der Waals surface area (Å²) in [6.07, 6.45) is 2.09. The highest BCUT2D eigenvalue weighted by molar-refractivity contribution is 7.87. The predicted molar refractivity (Wildman–Crippen MR) is 67.4 cm³/mol. The molecule has 0 saturated carbocycles. The molecule has 1 aliphatic heterocycles. The Kier molecular flexibility index (Phi) is 4.35. The van der Waals surface area contributed by atoms with Gasteiger partial charge in [0.1, 0.15) is 5.75 Å². The molecular weight excluding hydrogens is 311 g/mol. The summed E-state index contributed by atoms with van der Waals surface area (Å²) in [4.78, 5) is 0. The fourth-order valence-electron chi connectivity index (χ4n) is 1.65. The van der Waals surface area contributed by atoms with E-state index in [1.54, 1.807) is 5.01 Å². The number of rotatable bonds is 4. The lowest BCUT2D eigenvalue weighted by atomic mass is 10.3. The van der Waals surface area contributed by atoms with Crippen molar-refractivity contribution in [3.05, 3.63) is 24.3 Å². The summed E-state index contributed by atoms with van der Waals surface area (Å²) in [6, 6.07) is 4.81. The van der Waals surface area contributed by atoms with Crippen molar-refractivity contribution < 1.29 is 25.8 Å². The van der Waals surface area contributed by atoms with Crippen molar-refractivity contribution in [3.8, 4) is 5.75 Å². The van der Waals surface area contributed by atoms with Crippen molar-refractivity contribution >= 4 is 15.8 Å². The molecule has 0 radical (unpaired) electrons. The largest absolute Gasteiger partial charge is 0.534 e. The van der Waals surface area contributed by atoms with Gasteiger partial charge >= 0.3 is 15.6 Å². The lowest BCUT2D eigenvalue weighted by Gasteiger charge is -2.09. The number of nitrogens with zero attached hydrogens (tertiary/aromatic N) is 3. The first-order chi connectivity index (χ1) is 9.78. The van der Waals surface area contributed by atoms with Gasteiger partial charge in [-0.15, -0.1) is 5.11 Å². The zero-order valence-corrected chi connectivity index (χ0v) is 11.6. The number of hydrogen-bond donors (Lipinski definition) is 0. The van der Waals surface area contributed by atoms with Crippen LogP contribution in [0.15, 0.2) is 34.6 Å². The van der Waals surface area contributed by atoms with Crippen LogP contribution in [0.5, 0.6) is 5.75 Å². The first-order valence-corrected chi connectivity index (χ1v) is 7.46. The zero-order chi connectivity index (χ0) is 15.5. The number of alkyl halides is 3. The van der Waals surface area contributed by atoms with Crippen LogP contribution >= 0.6 is 0 Å². The van der Waals surface area contributed by atoms with Crippen molar-refractivity contribution in [2.24, 2.45) is 10.3 Å². The van der Waals surface area contributed by atoms with E-state index in [1.165, 1.54) is 12.1 Å². The van der Waals surface area contributed by atoms with Gasteiger partial charge in [-0.2, -0.15) is 21.6 Å². The van der Waals surface area contributed by atoms with Crippen molar-refractivity contribution in [3.63, 3.8) is 0 Å². The predicted octanol–water partition coefficient (Wildman–Crippen LogP) is 3.01. The highest BCUT2D eigenvalue weighted by atomic mass is 32.2. The second-order valence-electron chi connectivity index (χ2n) is 4.33. The number of benzene rings is 1. The molecule has 0 N–H and O–H groups in total. The molecule has 1 aliphatic rings. The van der Waals surface area contributed by atoms with E-state index in [2.05, 4.69) is 14.5 Å². The van der Waals surface area contributed by atoms with Crippen LogP contribution in [0.1, 0.15) is 12.8 Å². The van der Waals surface area contributed by atoms with E-state index in [1.807, 2.05) is 0 Å². The van der Waals surface area contributed by atoms with Crippen LogP contribution in [-0.4, -0.2) is 32.0 Å². The molecule has 0 aromatic heterocycles. The minimum atomic E-state index is -5.65. The molecule has 0 aliphatic carbocycles. The molecule has 0 bridgehead atoms. The second-order valence-corrected chi connectivity index (χ2v) is 5.87. The first-order valence-electron chi connectivity index (χ1n) is 6.05. The average Bonchev–Trinajstić information content (AvgIpc) is 2.89. The molecule has 1 fully saturated rings. The Morgan fingerprint density at radius 2 is 1.67 bits per heavy atom. The Labute approximate surface area is 119 Å². The van der Waals surface area contributed by atoms with E-state index in [-0.39, 0.29) is 0 Å². The molecule has 0 spiro atoms. The Morgan fingerprint density at radius 1 is 1.10 bits per heavy atom. The molecule has 10 heteroatoms. The lowest BCUT2D eigenvalue weighted by molar-refractivity contribution is -0.0500. The van der Waals surface area contributed by atoms with Gasteiger partial charge in [0, 0.05) is 13.1 Å². The SMILES string of the molecule is O=S(=O)(Oc1ccc(N=NN2CCCC2)cc1)C(F)(F)F. The monoisotopic (exact) mass is 323 g/mol. The van der Waals surface area contributed by atoms with E-state index in [0.29, 0.717) is 5.69 Å². The summed E-state index contributed by atoms with van der Waals surface area (Å²) in [7, 11) is -5.65. The minimum Gasteiger partial charge on any atom is -0.376 e. The summed E-state index contributed by atoms with van der Waals surface area (Å²) in [5, 5.41) is 9.63. The van der Waals surface area contributed by atoms with Crippen molar-refractivity contribution in [1.82, 2.24) is 5.01 Å². The maximum atomic E-state index is 12.1. The van der Waals surface area contributed by atoms with Crippen molar-refractivity contribution in [2.45, 2.75) is 18.3 Å². The molecule has 0 atom stereocenters. The Hall–Kier alpha value is -1.84. The summed E-state index contributed by atoms with van der Waals surface area (Å²) in [5.41, 5.74) is -5.07. The highest BCUT2D eigenvalue weighted by Crippen LogP contribution is 2.28. The van der Waals surface area contributed by atoms with Crippen LogP contribution in [0, 0.1) is 0 Å². The van der Waals surface area contributed by atoms with Gasteiger partial charge in [0.25, 0.3) is 0 Å². The molecule has 1 aromatic carbocycles. The van der Waals surface area contributed by atoms with Crippen molar-refractivity contribution in [2.75, 3.05) is 13.1 Å². The molecule has 1 heterocycles. The van der Waals surface area contributed by atoms with Crippen LogP contribution in [0.4, 0.5) is 18.9 Å². The lowest BCUT2D eigenvalue weighted by Crippen LogP contribution is -2.27. The molecule has 2 rings (SSSR count). The van der Waals surface area contributed by atoms with Gasteiger partial charge in [-0.1, -0.05) is 5.22 Å². The smallest absolute Gasteiger partial charge is 0.376 e.